The van der Waals surface area contributed by atoms with Crippen molar-refractivity contribution in [1.29, 1.82) is 0 Å². The van der Waals surface area contributed by atoms with Gasteiger partial charge in [-0.15, -0.1) is 11.8 Å². The molecule has 14 heteroatoms. The Bertz CT molecular complexity index is 1650. The monoisotopic (exact) mass is 639 g/mol. The minimum absolute atomic E-state index is 0.0219. The number of hydrogen-bond acceptors (Lipinski definition) is 13. The van der Waals surface area contributed by atoms with Crippen LogP contribution in [0, 0.1) is 6.92 Å². The van der Waals surface area contributed by atoms with Crippen molar-refractivity contribution >= 4 is 41.2 Å². The molecule has 4 bridgehead atoms. The Morgan fingerprint density at radius 1 is 1.04 bits per heavy atom. The molecule has 45 heavy (non-hydrogen) atoms. The predicted octanol–water partition coefficient (Wildman–Crippen LogP) is 1.32. The predicted molar refractivity (Wildman–Crippen MR) is 158 cm³/mol. The van der Waals surface area contributed by atoms with Crippen LogP contribution < -0.4 is 24.8 Å². The Morgan fingerprint density at radius 2 is 1.80 bits per heavy atom. The first-order chi connectivity index (χ1) is 21.5. The molecule has 1 aromatic carbocycles. The number of carbonyl (C=O) groups is 5. The maximum Gasteiger partial charge on any atom is 0.329 e. The third kappa shape index (κ3) is 4.48. The number of esters is 2. The molecule has 0 saturated carbocycles. The molecule has 1 amide bonds. The molecule has 6 aliphatic rings. The summed E-state index contributed by atoms with van der Waals surface area (Å²) in [5.74, 6) is -0.608. The molecule has 2 saturated heterocycles. The van der Waals surface area contributed by atoms with E-state index in [2.05, 4.69) is 15.5 Å². The SMILES string of the molecule is COC1=C(C)C(=O)C2=C(C1=O)C1NC(C2)CN2C1[C@@H]1SCC(NC(C)=O)C(=O)OC[C@H]2c2c3c(c(C)c(OC(C)=O)c21)OCO3. The number of allylic oxidation sites excluding steroid dienone is 2. The van der Waals surface area contributed by atoms with Crippen LogP contribution in [0.25, 0.3) is 0 Å². The number of piperazine rings is 1. The Hall–Kier alpha value is -3.88. The standard InChI is InChI=1S/C31H33N3O10S/c1-11-24(37)16-6-15-7-34-18-8-41-31(39)17(32-13(3)35)9-45-30(23(34)22(33-15)19(16)25(38)27(11)40-5)21-20(18)29-28(42-10-43-29)12(2)26(21)44-14(4)36/h15,17-18,22-23,30,33H,6-10H2,1-5H3,(H,32,35)/t15?,17?,18-,22?,23?,30+/m0/s1. The van der Waals surface area contributed by atoms with Crippen LogP contribution in [-0.4, -0.2) is 91.3 Å². The van der Waals surface area contributed by atoms with Crippen LogP contribution in [0.1, 0.15) is 55.2 Å². The van der Waals surface area contributed by atoms with Crippen molar-refractivity contribution in [2.24, 2.45) is 0 Å². The van der Waals surface area contributed by atoms with Gasteiger partial charge in [0.2, 0.25) is 18.5 Å². The molecular formula is C31H33N3O10S. The van der Waals surface area contributed by atoms with Crippen LogP contribution in [0.2, 0.25) is 0 Å². The van der Waals surface area contributed by atoms with Gasteiger partial charge in [-0.05, 0) is 20.3 Å². The molecule has 2 N–H and O–H groups in total. The highest BCUT2D eigenvalue weighted by atomic mass is 32.2. The Balaban J connectivity index is 1.46. The molecular weight excluding hydrogens is 606 g/mol. The van der Waals surface area contributed by atoms with E-state index in [-0.39, 0.29) is 54.0 Å². The van der Waals surface area contributed by atoms with E-state index in [0.717, 1.165) is 0 Å². The second-order valence-corrected chi connectivity index (χ2v) is 13.2. The molecule has 238 valence electrons. The van der Waals surface area contributed by atoms with Crippen molar-refractivity contribution in [2.75, 3.05) is 32.8 Å². The number of fused-ring (bicyclic) bond motifs is 8. The second-order valence-electron chi connectivity index (χ2n) is 12.0. The maximum atomic E-state index is 14.0. The summed E-state index contributed by atoms with van der Waals surface area (Å²) >= 11 is 1.38. The summed E-state index contributed by atoms with van der Waals surface area (Å²) in [6.45, 7) is 6.39. The number of Topliss-reactive ketones (excluding diaryl/α,β-unsaturated/α-hetero) is 2. The zero-order valence-electron chi connectivity index (χ0n) is 25.4. The number of hydrogen-bond donors (Lipinski definition) is 2. The first-order valence-corrected chi connectivity index (χ1v) is 15.8. The first kappa shape index (κ1) is 29.8. The van der Waals surface area contributed by atoms with E-state index in [1.807, 2.05) is 0 Å². The van der Waals surface area contributed by atoms with Gasteiger partial charge in [0.25, 0.3) is 0 Å². The molecule has 5 heterocycles. The highest BCUT2D eigenvalue weighted by molar-refractivity contribution is 7.99. The lowest BCUT2D eigenvalue weighted by molar-refractivity contribution is -0.150. The van der Waals surface area contributed by atoms with E-state index >= 15 is 0 Å². The summed E-state index contributed by atoms with van der Waals surface area (Å²) in [5.41, 5.74) is 3.07. The fourth-order valence-corrected chi connectivity index (χ4v) is 9.24. The number of ether oxygens (including phenoxy) is 5. The highest BCUT2D eigenvalue weighted by Crippen LogP contribution is 2.60. The summed E-state index contributed by atoms with van der Waals surface area (Å²) in [7, 11) is 1.38. The van der Waals surface area contributed by atoms with Gasteiger partial charge in [-0.25, -0.2) is 4.79 Å². The Morgan fingerprint density at radius 3 is 2.51 bits per heavy atom. The van der Waals surface area contributed by atoms with E-state index in [4.69, 9.17) is 23.7 Å². The van der Waals surface area contributed by atoms with E-state index in [9.17, 15) is 24.0 Å². The van der Waals surface area contributed by atoms with E-state index in [1.54, 1.807) is 13.8 Å². The van der Waals surface area contributed by atoms with Gasteiger partial charge in [-0.1, -0.05) is 0 Å². The minimum Gasteiger partial charge on any atom is -0.492 e. The lowest BCUT2D eigenvalue weighted by atomic mass is 9.71. The minimum atomic E-state index is -0.940. The van der Waals surface area contributed by atoms with Crippen LogP contribution in [0.15, 0.2) is 22.5 Å². The largest absolute Gasteiger partial charge is 0.492 e. The van der Waals surface area contributed by atoms with Gasteiger partial charge in [0, 0.05) is 71.6 Å². The van der Waals surface area contributed by atoms with E-state index in [1.165, 1.54) is 32.7 Å². The number of thioether (sulfide) groups is 1. The first-order valence-electron chi connectivity index (χ1n) is 14.8. The highest BCUT2D eigenvalue weighted by Gasteiger charge is 2.57. The molecule has 13 nitrogen and oxygen atoms in total. The molecule has 4 unspecified atom stereocenters. The van der Waals surface area contributed by atoms with Crippen molar-refractivity contribution in [3.63, 3.8) is 0 Å². The van der Waals surface area contributed by atoms with Gasteiger partial charge in [-0.3, -0.25) is 24.1 Å². The van der Waals surface area contributed by atoms with Crippen LogP contribution in [0.4, 0.5) is 0 Å². The Labute approximate surface area is 262 Å². The molecule has 5 aliphatic heterocycles. The summed E-state index contributed by atoms with van der Waals surface area (Å²) in [6.07, 6.45) is 0.347. The number of nitrogens with zero attached hydrogens (tertiary/aromatic N) is 1. The van der Waals surface area contributed by atoms with Crippen molar-refractivity contribution in [3.05, 3.63) is 39.2 Å². The number of carbonyl (C=O) groups excluding carboxylic acids is 5. The number of amides is 1. The number of cyclic esters (lactones) is 1. The normalized spacial score (nSPS) is 30.3. The summed E-state index contributed by atoms with van der Waals surface area (Å²) < 4.78 is 29.2. The van der Waals surface area contributed by atoms with Crippen LogP contribution in [-0.2, 0) is 33.4 Å². The molecule has 0 aromatic heterocycles. The quantitative estimate of drug-likeness (QED) is 0.277. The third-order valence-electron chi connectivity index (χ3n) is 9.40. The molecule has 6 atom stereocenters. The number of ketones is 2. The number of benzene rings is 1. The smallest absolute Gasteiger partial charge is 0.329 e. The zero-order chi connectivity index (χ0) is 31.9. The zero-order valence-corrected chi connectivity index (χ0v) is 26.3. The average Bonchev–Trinajstić information content (AvgIpc) is 3.48. The van der Waals surface area contributed by atoms with Crippen LogP contribution in [0.5, 0.6) is 17.2 Å². The van der Waals surface area contributed by atoms with Gasteiger partial charge < -0.3 is 34.3 Å². The van der Waals surface area contributed by atoms with Gasteiger partial charge >= 0.3 is 11.9 Å². The average molecular weight is 640 g/mol. The third-order valence-corrected chi connectivity index (χ3v) is 10.8. The fraction of sp³-hybridized carbons (Fsp3) is 0.516. The van der Waals surface area contributed by atoms with E-state index < -0.39 is 41.4 Å². The summed E-state index contributed by atoms with van der Waals surface area (Å²) in [6, 6.07) is -2.78. The molecule has 1 aliphatic carbocycles. The lowest BCUT2D eigenvalue weighted by Crippen LogP contribution is -2.69. The van der Waals surface area contributed by atoms with E-state index in [0.29, 0.717) is 58.1 Å². The van der Waals surface area contributed by atoms with Gasteiger partial charge in [0.15, 0.2) is 23.0 Å². The maximum absolute atomic E-state index is 14.0. The van der Waals surface area contributed by atoms with Crippen molar-refractivity contribution in [3.8, 4) is 17.2 Å². The van der Waals surface area contributed by atoms with Gasteiger partial charge in [-0.2, -0.15) is 0 Å². The molecule has 2 fully saturated rings. The van der Waals surface area contributed by atoms with Crippen LogP contribution >= 0.6 is 11.8 Å². The van der Waals surface area contributed by atoms with Crippen LogP contribution in [0.3, 0.4) is 0 Å². The lowest BCUT2D eigenvalue weighted by Gasteiger charge is -2.57. The molecule has 7 rings (SSSR count). The fourth-order valence-electron chi connectivity index (χ4n) is 7.71. The topological polar surface area (TPSA) is 159 Å². The molecule has 0 spiro atoms. The summed E-state index contributed by atoms with van der Waals surface area (Å²) in [4.78, 5) is 67.7. The molecule has 0 radical (unpaired) electrons. The summed E-state index contributed by atoms with van der Waals surface area (Å²) in [5, 5.41) is 5.81. The second kappa shape index (κ2) is 10.9. The number of nitrogens with one attached hydrogen (secondary N) is 2. The van der Waals surface area contributed by atoms with Crippen molar-refractivity contribution < 1.29 is 47.7 Å². The Kier molecular flexibility index (Phi) is 7.21. The number of rotatable bonds is 3. The van der Waals surface area contributed by atoms with Gasteiger partial charge in [0.05, 0.1) is 24.4 Å². The van der Waals surface area contributed by atoms with Crippen molar-refractivity contribution in [2.45, 2.75) is 69.6 Å². The number of methoxy groups -OCH3 is 1. The molecule has 1 aromatic rings. The van der Waals surface area contributed by atoms with Gasteiger partial charge in [0.1, 0.15) is 18.4 Å². The van der Waals surface area contributed by atoms with Crippen molar-refractivity contribution in [1.82, 2.24) is 15.5 Å².